The summed E-state index contributed by atoms with van der Waals surface area (Å²) in [5.41, 5.74) is 0.649. The van der Waals surface area contributed by atoms with E-state index in [1.54, 1.807) is 4.68 Å². The van der Waals surface area contributed by atoms with Crippen molar-refractivity contribution in [3.8, 4) is 0 Å². The second-order valence-electron chi connectivity index (χ2n) is 7.46. The Bertz CT molecular complexity index is 1020. The minimum absolute atomic E-state index is 0.0154. The maximum absolute atomic E-state index is 13.2. The fourth-order valence-electron chi connectivity index (χ4n) is 3.85. The molecule has 2 aliphatic heterocycles. The van der Waals surface area contributed by atoms with Gasteiger partial charge in [-0.25, -0.2) is 0 Å². The number of amides is 2. The van der Waals surface area contributed by atoms with E-state index >= 15 is 0 Å². The van der Waals surface area contributed by atoms with E-state index in [1.807, 2.05) is 13.8 Å². The van der Waals surface area contributed by atoms with Crippen molar-refractivity contribution in [2.45, 2.75) is 45.1 Å². The lowest BCUT2D eigenvalue weighted by atomic mass is 9.97. The van der Waals surface area contributed by atoms with Crippen molar-refractivity contribution >= 4 is 23.4 Å². The van der Waals surface area contributed by atoms with E-state index < -0.39 is 22.7 Å². The molecule has 0 saturated carbocycles. The third kappa shape index (κ3) is 3.27. The van der Waals surface area contributed by atoms with Crippen LogP contribution in [-0.4, -0.2) is 39.1 Å². The number of nitrogens with one attached hydrogen (secondary N) is 1. The Labute approximate surface area is 169 Å². The Morgan fingerprint density at radius 2 is 2.00 bits per heavy atom. The molecular weight excluding hydrogens is 409 g/mol. The molecule has 2 atom stereocenters. The van der Waals surface area contributed by atoms with Crippen molar-refractivity contribution in [3.63, 3.8) is 0 Å². The van der Waals surface area contributed by atoms with Gasteiger partial charge in [0, 0.05) is 30.1 Å². The number of carbonyl (C=O) groups is 2. The standard InChI is InChI=1S/C19H18ClF3N4O2/c1-9-5-15-12(16-17(28)24-7-10(2)27(16)25-15)8-26(9)18(29)11-3-4-14(20)13(6-11)19(21,22)23/h3-4,6,9-10H,5,7-8H2,1-2H3,(H,24,28)/t9-,10-/m1/s1. The summed E-state index contributed by atoms with van der Waals surface area (Å²) in [7, 11) is 0. The normalized spacial score (nSPS) is 21.4. The summed E-state index contributed by atoms with van der Waals surface area (Å²) >= 11 is 5.66. The van der Waals surface area contributed by atoms with Gasteiger partial charge < -0.3 is 10.2 Å². The Balaban J connectivity index is 1.70. The number of alkyl halides is 3. The summed E-state index contributed by atoms with van der Waals surface area (Å²) in [4.78, 5) is 26.9. The number of benzene rings is 1. The lowest BCUT2D eigenvalue weighted by Gasteiger charge is -2.33. The topological polar surface area (TPSA) is 67.2 Å². The minimum atomic E-state index is -4.66. The van der Waals surface area contributed by atoms with Crippen LogP contribution in [0.3, 0.4) is 0 Å². The molecule has 0 unspecified atom stereocenters. The van der Waals surface area contributed by atoms with Crippen molar-refractivity contribution < 1.29 is 22.8 Å². The summed E-state index contributed by atoms with van der Waals surface area (Å²) in [5.74, 6) is -0.806. The molecule has 10 heteroatoms. The zero-order chi connectivity index (χ0) is 21.1. The lowest BCUT2D eigenvalue weighted by molar-refractivity contribution is -0.137. The first-order valence-electron chi connectivity index (χ1n) is 9.14. The number of aromatic nitrogens is 2. The molecule has 4 rings (SSSR count). The first kappa shape index (κ1) is 19.8. The van der Waals surface area contributed by atoms with Gasteiger partial charge in [0.05, 0.1) is 28.9 Å². The largest absolute Gasteiger partial charge is 0.417 e. The van der Waals surface area contributed by atoms with Crippen LogP contribution < -0.4 is 5.32 Å². The van der Waals surface area contributed by atoms with E-state index in [1.165, 1.54) is 11.0 Å². The molecule has 1 aromatic heterocycles. The molecule has 0 aliphatic carbocycles. The number of carbonyl (C=O) groups excluding carboxylic acids is 2. The van der Waals surface area contributed by atoms with Gasteiger partial charge in [0.1, 0.15) is 5.69 Å². The first-order valence-corrected chi connectivity index (χ1v) is 9.52. The molecule has 0 radical (unpaired) electrons. The molecule has 6 nitrogen and oxygen atoms in total. The van der Waals surface area contributed by atoms with Crippen LogP contribution in [-0.2, 0) is 19.1 Å². The lowest BCUT2D eigenvalue weighted by Crippen LogP contribution is -2.43. The SMILES string of the molecule is C[C@@H]1Cc2nn3c(c2CN1C(=O)c1ccc(Cl)c(C(F)(F)F)c1)C(=O)NC[C@H]3C. The summed E-state index contributed by atoms with van der Waals surface area (Å²) in [6.07, 6.45) is -4.24. The molecule has 0 saturated heterocycles. The van der Waals surface area contributed by atoms with E-state index in [4.69, 9.17) is 11.6 Å². The molecule has 1 aromatic carbocycles. The van der Waals surface area contributed by atoms with Gasteiger partial charge in [-0.05, 0) is 32.0 Å². The summed E-state index contributed by atoms with van der Waals surface area (Å²) < 4.78 is 41.2. The average Bonchev–Trinajstić information content (AvgIpc) is 3.02. The van der Waals surface area contributed by atoms with Crippen LogP contribution in [0.1, 0.15) is 57.6 Å². The van der Waals surface area contributed by atoms with Gasteiger partial charge in [-0.2, -0.15) is 18.3 Å². The second kappa shape index (κ2) is 6.76. The Kier molecular flexibility index (Phi) is 4.60. The molecule has 154 valence electrons. The van der Waals surface area contributed by atoms with Crippen LogP contribution in [0.25, 0.3) is 0 Å². The molecule has 2 aliphatic rings. The summed E-state index contributed by atoms with van der Waals surface area (Å²) in [5, 5.41) is 6.89. The maximum atomic E-state index is 13.2. The van der Waals surface area contributed by atoms with E-state index in [0.29, 0.717) is 24.2 Å². The van der Waals surface area contributed by atoms with Crippen LogP contribution in [0.2, 0.25) is 5.02 Å². The van der Waals surface area contributed by atoms with Gasteiger partial charge in [-0.1, -0.05) is 11.6 Å². The van der Waals surface area contributed by atoms with Gasteiger partial charge in [-0.3, -0.25) is 14.3 Å². The van der Waals surface area contributed by atoms with E-state index in [2.05, 4.69) is 10.4 Å². The molecule has 0 fully saturated rings. The monoisotopic (exact) mass is 426 g/mol. The van der Waals surface area contributed by atoms with Gasteiger partial charge in [0.25, 0.3) is 11.8 Å². The van der Waals surface area contributed by atoms with Crippen LogP contribution in [0.4, 0.5) is 13.2 Å². The summed E-state index contributed by atoms with van der Waals surface area (Å²) in [6.45, 7) is 4.31. The smallest absolute Gasteiger partial charge is 0.349 e. The third-order valence-electron chi connectivity index (χ3n) is 5.41. The third-order valence-corrected chi connectivity index (χ3v) is 5.74. The van der Waals surface area contributed by atoms with Crippen molar-refractivity contribution in [3.05, 3.63) is 51.3 Å². The fraction of sp³-hybridized carbons (Fsp3) is 0.421. The molecule has 0 bridgehead atoms. The highest BCUT2D eigenvalue weighted by molar-refractivity contribution is 6.31. The molecule has 2 amide bonds. The number of hydrogen-bond donors (Lipinski definition) is 1. The zero-order valence-corrected chi connectivity index (χ0v) is 16.4. The first-order chi connectivity index (χ1) is 13.6. The summed E-state index contributed by atoms with van der Waals surface area (Å²) in [6, 6.07) is 2.84. The molecule has 1 N–H and O–H groups in total. The Morgan fingerprint density at radius 3 is 2.69 bits per heavy atom. The quantitative estimate of drug-likeness (QED) is 0.759. The highest BCUT2D eigenvalue weighted by Gasteiger charge is 2.38. The van der Waals surface area contributed by atoms with E-state index in [9.17, 15) is 22.8 Å². The second-order valence-corrected chi connectivity index (χ2v) is 7.86. The maximum Gasteiger partial charge on any atom is 0.417 e. The van der Waals surface area contributed by atoms with Gasteiger partial charge in [0.2, 0.25) is 0 Å². The number of rotatable bonds is 1. The van der Waals surface area contributed by atoms with E-state index in [-0.39, 0.29) is 30.1 Å². The molecule has 29 heavy (non-hydrogen) atoms. The van der Waals surface area contributed by atoms with Crippen molar-refractivity contribution in [2.24, 2.45) is 0 Å². The highest BCUT2D eigenvalue weighted by atomic mass is 35.5. The molecule has 3 heterocycles. The molecular formula is C19H18ClF3N4O2. The fourth-order valence-corrected chi connectivity index (χ4v) is 4.07. The number of halogens is 4. The Hall–Kier alpha value is -2.55. The van der Waals surface area contributed by atoms with Crippen LogP contribution in [0, 0.1) is 0 Å². The van der Waals surface area contributed by atoms with Gasteiger partial charge in [0.15, 0.2) is 0 Å². The predicted octanol–water partition coefficient (Wildman–Crippen LogP) is 3.45. The molecule has 2 aromatic rings. The number of fused-ring (bicyclic) bond motifs is 3. The van der Waals surface area contributed by atoms with E-state index in [0.717, 1.165) is 17.8 Å². The van der Waals surface area contributed by atoms with Crippen LogP contribution >= 0.6 is 11.6 Å². The van der Waals surface area contributed by atoms with Gasteiger partial charge >= 0.3 is 6.18 Å². The van der Waals surface area contributed by atoms with Gasteiger partial charge in [-0.15, -0.1) is 0 Å². The highest BCUT2D eigenvalue weighted by Crippen LogP contribution is 2.36. The predicted molar refractivity (Wildman–Crippen MR) is 98.8 cm³/mol. The Morgan fingerprint density at radius 1 is 1.28 bits per heavy atom. The molecule has 0 spiro atoms. The number of nitrogens with zero attached hydrogens (tertiary/aromatic N) is 3. The van der Waals surface area contributed by atoms with Crippen LogP contribution in [0.15, 0.2) is 18.2 Å². The van der Waals surface area contributed by atoms with Crippen molar-refractivity contribution in [2.75, 3.05) is 6.54 Å². The van der Waals surface area contributed by atoms with Crippen molar-refractivity contribution in [1.29, 1.82) is 0 Å². The zero-order valence-electron chi connectivity index (χ0n) is 15.7. The minimum Gasteiger partial charge on any atom is -0.349 e. The number of hydrogen-bond acceptors (Lipinski definition) is 3. The van der Waals surface area contributed by atoms with Crippen molar-refractivity contribution in [1.82, 2.24) is 20.0 Å². The van der Waals surface area contributed by atoms with Crippen LogP contribution in [0.5, 0.6) is 0 Å². The average molecular weight is 427 g/mol.